The molecule has 0 bridgehead atoms. The number of rotatable bonds is 9. The quantitative estimate of drug-likeness (QED) is 0.322. The molecule has 0 aliphatic carbocycles. The van der Waals surface area contributed by atoms with Crippen molar-refractivity contribution in [3.05, 3.63) is 59.2 Å². The van der Waals surface area contributed by atoms with Crippen LogP contribution in [0, 0.1) is 0 Å². The Morgan fingerprint density at radius 3 is 2.25 bits per heavy atom. The Morgan fingerprint density at radius 1 is 0.944 bits per heavy atom. The zero-order chi connectivity index (χ0) is 25.7. The van der Waals surface area contributed by atoms with Crippen molar-refractivity contribution in [2.75, 3.05) is 60.7 Å². The van der Waals surface area contributed by atoms with E-state index in [1.54, 1.807) is 56.7 Å². The van der Waals surface area contributed by atoms with Gasteiger partial charge in [-0.15, -0.1) is 0 Å². The number of likely N-dealkylation sites (tertiary alicyclic amines) is 1. The highest BCUT2D eigenvalue weighted by Gasteiger charge is 2.47. The molecule has 2 aliphatic rings. The van der Waals surface area contributed by atoms with Crippen molar-refractivity contribution >= 4 is 17.4 Å². The third kappa shape index (κ3) is 5.17. The SMILES string of the molecule is COc1ccc(C(O)=C2C(=O)C(=O)N(CCCN3CCOCC3)[C@@H]2c2ccc(OC)cc2OC)cc1. The molecule has 1 N–H and O–H groups in total. The number of aliphatic hydroxyl groups is 1. The lowest BCUT2D eigenvalue weighted by Gasteiger charge is -2.29. The molecule has 36 heavy (non-hydrogen) atoms. The first-order chi connectivity index (χ1) is 17.5. The number of morpholine rings is 1. The van der Waals surface area contributed by atoms with Crippen LogP contribution in [0.3, 0.4) is 0 Å². The Labute approximate surface area is 210 Å². The molecule has 2 saturated heterocycles. The van der Waals surface area contributed by atoms with Crippen molar-refractivity contribution in [3.63, 3.8) is 0 Å². The molecule has 1 atom stereocenters. The minimum absolute atomic E-state index is 0.0278. The fraction of sp³-hybridized carbons (Fsp3) is 0.407. The molecule has 0 aromatic heterocycles. The maximum Gasteiger partial charge on any atom is 0.295 e. The first kappa shape index (κ1) is 25.5. The molecule has 0 spiro atoms. The predicted octanol–water partition coefficient (Wildman–Crippen LogP) is 2.86. The summed E-state index contributed by atoms with van der Waals surface area (Å²) < 4.78 is 21.5. The van der Waals surface area contributed by atoms with E-state index in [0.29, 0.717) is 54.6 Å². The Balaban J connectivity index is 1.73. The van der Waals surface area contributed by atoms with Gasteiger partial charge >= 0.3 is 0 Å². The molecule has 9 nitrogen and oxygen atoms in total. The number of carbonyl (C=O) groups is 2. The van der Waals surface area contributed by atoms with Crippen LogP contribution in [-0.4, -0.2) is 87.3 Å². The molecular weight excluding hydrogens is 464 g/mol. The van der Waals surface area contributed by atoms with Crippen molar-refractivity contribution in [1.29, 1.82) is 0 Å². The molecule has 1 amide bonds. The summed E-state index contributed by atoms with van der Waals surface area (Å²) in [4.78, 5) is 30.4. The van der Waals surface area contributed by atoms with Crippen LogP contribution in [0.1, 0.15) is 23.6 Å². The fourth-order valence-electron chi connectivity index (χ4n) is 4.67. The number of hydrogen-bond acceptors (Lipinski definition) is 8. The molecule has 9 heteroatoms. The predicted molar refractivity (Wildman–Crippen MR) is 133 cm³/mol. The van der Waals surface area contributed by atoms with Crippen LogP contribution in [0.15, 0.2) is 48.0 Å². The lowest BCUT2D eigenvalue weighted by Crippen LogP contribution is -2.39. The molecule has 0 saturated carbocycles. The van der Waals surface area contributed by atoms with Crippen LogP contribution in [0.25, 0.3) is 5.76 Å². The zero-order valence-corrected chi connectivity index (χ0v) is 20.9. The lowest BCUT2D eigenvalue weighted by atomic mass is 9.94. The molecule has 2 heterocycles. The molecule has 2 aromatic carbocycles. The van der Waals surface area contributed by atoms with Gasteiger partial charge in [-0.1, -0.05) is 0 Å². The summed E-state index contributed by atoms with van der Waals surface area (Å²) in [5.41, 5.74) is 1.04. The van der Waals surface area contributed by atoms with Gasteiger partial charge in [0.15, 0.2) is 0 Å². The third-order valence-corrected chi connectivity index (χ3v) is 6.62. The standard InChI is InChI=1S/C27H32N2O7/c1-33-19-7-5-18(6-8-19)25(30)23-24(21-10-9-20(34-2)17-22(21)35-3)29(27(32)26(23)31)12-4-11-28-13-15-36-16-14-28/h5-10,17,24,30H,4,11-16H2,1-3H3/t24-/m1/s1. The van der Waals surface area contributed by atoms with Crippen molar-refractivity contribution in [1.82, 2.24) is 9.80 Å². The second-order valence-corrected chi connectivity index (χ2v) is 8.64. The molecule has 2 aliphatic heterocycles. The third-order valence-electron chi connectivity index (χ3n) is 6.62. The number of ketones is 1. The molecule has 0 radical (unpaired) electrons. The maximum atomic E-state index is 13.3. The van der Waals surface area contributed by atoms with Gasteiger partial charge in [0.25, 0.3) is 11.7 Å². The second-order valence-electron chi connectivity index (χ2n) is 8.64. The lowest BCUT2D eigenvalue weighted by molar-refractivity contribution is -0.140. The molecule has 4 rings (SSSR count). The van der Waals surface area contributed by atoms with Gasteiger partial charge in [-0.05, 0) is 42.8 Å². The van der Waals surface area contributed by atoms with Gasteiger partial charge in [-0.25, -0.2) is 0 Å². The number of benzene rings is 2. The maximum absolute atomic E-state index is 13.3. The molecule has 192 valence electrons. The van der Waals surface area contributed by atoms with Gasteiger partial charge in [-0.2, -0.15) is 0 Å². The van der Waals surface area contributed by atoms with Crippen LogP contribution >= 0.6 is 0 Å². The number of nitrogens with zero attached hydrogens (tertiary/aromatic N) is 2. The number of carbonyl (C=O) groups excluding carboxylic acids is 2. The summed E-state index contributed by atoms with van der Waals surface area (Å²) in [6.45, 7) is 4.18. The van der Waals surface area contributed by atoms with Gasteiger partial charge in [0, 0.05) is 43.4 Å². The van der Waals surface area contributed by atoms with Crippen LogP contribution < -0.4 is 14.2 Å². The highest BCUT2D eigenvalue weighted by molar-refractivity contribution is 6.46. The van der Waals surface area contributed by atoms with Gasteiger partial charge < -0.3 is 29.0 Å². The van der Waals surface area contributed by atoms with E-state index in [1.807, 2.05) is 0 Å². The summed E-state index contributed by atoms with van der Waals surface area (Å²) in [5, 5.41) is 11.3. The summed E-state index contributed by atoms with van der Waals surface area (Å²) >= 11 is 0. The van der Waals surface area contributed by atoms with E-state index in [9.17, 15) is 14.7 Å². The molecule has 2 aromatic rings. The Bertz CT molecular complexity index is 1120. The normalized spacial score (nSPS) is 20.0. The summed E-state index contributed by atoms with van der Waals surface area (Å²) in [6, 6.07) is 11.1. The summed E-state index contributed by atoms with van der Waals surface area (Å²) in [7, 11) is 4.62. The second kappa shape index (κ2) is 11.5. The van der Waals surface area contributed by atoms with Crippen LogP contribution in [-0.2, 0) is 14.3 Å². The Morgan fingerprint density at radius 2 is 1.61 bits per heavy atom. The number of methoxy groups -OCH3 is 3. The fourth-order valence-corrected chi connectivity index (χ4v) is 4.67. The Kier molecular flexibility index (Phi) is 8.12. The van der Waals surface area contributed by atoms with E-state index >= 15 is 0 Å². The van der Waals surface area contributed by atoms with Gasteiger partial charge in [-0.3, -0.25) is 14.5 Å². The van der Waals surface area contributed by atoms with Crippen LogP contribution in [0.4, 0.5) is 0 Å². The summed E-state index contributed by atoms with van der Waals surface area (Å²) in [6.07, 6.45) is 0.671. The first-order valence-electron chi connectivity index (χ1n) is 11.9. The van der Waals surface area contributed by atoms with E-state index in [0.717, 1.165) is 19.6 Å². The number of ether oxygens (including phenoxy) is 4. The van der Waals surface area contributed by atoms with Crippen molar-refractivity contribution < 1.29 is 33.6 Å². The number of Topliss-reactive ketones (excluding diaryl/α,β-unsaturated/α-hetero) is 1. The summed E-state index contributed by atoms with van der Waals surface area (Å²) in [5.74, 6) is 0.0422. The highest BCUT2D eigenvalue weighted by atomic mass is 16.5. The van der Waals surface area contributed by atoms with E-state index in [2.05, 4.69) is 4.90 Å². The van der Waals surface area contributed by atoms with Crippen LogP contribution in [0.5, 0.6) is 17.2 Å². The minimum Gasteiger partial charge on any atom is -0.507 e. The first-order valence-corrected chi connectivity index (χ1v) is 11.9. The van der Waals surface area contributed by atoms with Crippen molar-refractivity contribution in [3.8, 4) is 17.2 Å². The van der Waals surface area contributed by atoms with Crippen molar-refractivity contribution in [2.24, 2.45) is 0 Å². The smallest absolute Gasteiger partial charge is 0.295 e. The molecular formula is C27H32N2O7. The van der Waals surface area contributed by atoms with E-state index in [-0.39, 0.29) is 11.3 Å². The van der Waals surface area contributed by atoms with E-state index in [1.165, 1.54) is 12.0 Å². The molecule has 2 fully saturated rings. The largest absolute Gasteiger partial charge is 0.507 e. The van der Waals surface area contributed by atoms with Gasteiger partial charge in [0.1, 0.15) is 23.0 Å². The number of hydrogen-bond donors (Lipinski definition) is 1. The van der Waals surface area contributed by atoms with E-state index in [4.69, 9.17) is 18.9 Å². The minimum atomic E-state index is -0.808. The molecule has 0 unspecified atom stereocenters. The van der Waals surface area contributed by atoms with Crippen LogP contribution in [0.2, 0.25) is 0 Å². The number of amides is 1. The van der Waals surface area contributed by atoms with E-state index < -0.39 is 17.7 Å². The number of aliphatic hydroxyl groups excluding tert-OH is 1. The average Bonchev–Trinajstić information content (AvgIpc) is 3.17. The topological polar surface area (TPSA) is 97.8 Å². The van der Waals surface area contributed by atoms with Crippen molar-refractivity contribution in [2.45, 2.75) is 12.5 Å². The highest BCUT2D eigenvalue weighted by Crippen LogP contribution is 2.43. The van der Waals surface area contributed by atoms with Gasteiger partial charge in [0.05, 0.1) is 46.2 Å². The van der Waals surface area contributed by atoms with Gasteiger partial charge in [0.2, 0.25) is 0 Å². The zero-order valence-electron chi connectivity index (χ0n) is 20.9. The average molecular weight is 497 g/mol. The monoisotopic (exact) mass is 496 g/mol. The Hall–Kier alpha value is -3.56.